The van der Waals surface area contributed by atoms with Gasteiger partial charge < -0.3 is 5.32 Å². The van der Waals surface area contributed by atoms with Gasteiger partial charge in [-0.25, -0.2) is 9.97 Å². The van der Waals surface area contributed by atoms with Crippen molar-refractivity contribution < 1.29 is 0 Å². The van der Waals surface area contributed by atoms with Gasteiger partial charge in [0, 0.05) is 15.9 Å². The van der Waals surface area contributed by atoms with Gasteiger partial charge in [-0.3, -0.25) is 0 Å². The average Bonchev–Trinajstić information content (AvgIpc) is 2.74. The zero-order valence-corrected chi connectivity index (χ0v) is 17.2. The van der Waals surface area contributed by atoms with Crippen molar-refractivity contribution in [3.63, 3.8) is 0 Å². The Hall–Kier alpha value is -0.210. The van der Waals surface area contributed by atoms with Crippen molar-refractivity contribution in [2.45, 2.75) is 34.1 Å². The zero-order chi connectivity index (χ0) is 15.6. The number of nitrogens with zero attached hydrogens (tertiary/aromatic N) is 2. The minimum Gasteiger partial charge on any atom is -0.369 e. The minimum absolute atomic E-state index is 0.576. The van der Waals surface area contributed by atoms with E-state index in [0.717, 1.165) is 43.2 Å². The number of rotatable bonds is 5. The van der Waals surface area contributed by atoms with Gasteiger partial charge in [-0.2, -0.15) is 0 Å². The molecule has 1 N–H and O–H groups in total. The molecule has 0 aliphatic rings. The van der Waals surface area contributed by atoms with E-state index in [-0.39, 0.29) is 0 Å². The van der Waals surface area contributed by atoms with Crippen LogP contribution in [0.25, 0.3) is 10.7 Å². The molecule has 2 rings (SSSR count). The van der Waals surface area contributed by atoms with Crippen LogP contribution in [-0.2, 0) is 6.42 Å². The number of thiophene rings is 1. The molecule has 0 atom stereocenters. The number of halogens is 2. The molecule has 0 saturated heterocycles. The smallest absolute Gasteiger partial charge is 0.171 e. The third-order valence-corrected chi connectivity index (χ3v) is 6.21. The highest BCUT2D eigenvalue weighted by Gasteiger charge is 2.16. The molecule has 0 fully saturated rings. The molecule has 6 heteroatoms. The fourth-order valence-corrected chi connectivity index (χ4v) is 4.10. The van der Waals surface area contributed by atoms with Crippen LogP contribution >= 0.6 is 49.9 Å². The van der Waals surface area contributed by atoms with Crippen LogP contribution in [0.5, 0.6) is 0 Å². The minimum atomic E-state index is 0.576. The Kier molecular flexibility index (Phi) is 6.02. The lowest BCUT2D eigenvalue weighted by Crippen LogP contribution is -2.09. The van der Waals surface area contributed by atoms with Gasteiger partial charge in [0.1, 0.15) is 5.82 Å². The van der Waals surface area contributed by atoms with Gasteiger partial charge >= 0.3 is 0 Å². The first kappa shape index (κ1) is 17.1. The first-order chi connectivity index (χ1) is 9.92. The van der Waals surface area contributed by atoms with Crippen molar-refractivity contribution in [2.75, 3.05) is 11.9 Å². The molecule has 0 aliphatic heterocycles. The summed E-state index contributed by atoms with van der Waals surface area (Å²) in [4.78, 5) is 11.9. The van der Waals surface area contributed by atoms with Crippen molar-refractivity contribution in [3.8, 4) is 10.7 Å². The van der Waals surface area contributed by atoms with E-state index in [1.165, 1.54) is 4.88 Å². The molecule has 0 saturated carbocycles. The van der Waals surface area contributed by atoms with Crippen molar-refractivity contribution in [2.24, 2.45) is 5.92 Å². The van der Waals surface area contributed by atoms with Gasteiger partial charge in [0.05, 0.1) is 14.1 Å². The van der Waals surface area contributed by atoms with Gasteiger partial charge in [-0.05, 0) is 70.8 Å². The topological polar surface area (TPSA) is 37.8 Å². The van der Waals surface area contributed by atoms with Gasteiger partial charge in [-0.15, -0.1) is 11.3 Å². The van der Waals surface area contributed by atoms with Crippen LogP contribution < -0.4 is 5.32 Å². The normalized spacial score (nSPS) is 11.2. The summed E-state index contributed by atoms with van der Waals surface area (Å²) in [6, 6.07) is 2.11. The Morgan fingerprint density at radius 1 is 1.38 bits per heavy atom. The average molecular weight is 480 g/mol. The van der Waals surface area contributed by atoms with E-state index in [1.54, 1.807) is 11.3 Å². The van der Waals surface area contributed by atoms with E-state index in [1.807, 2.05) is 0 Å². The number of aryl methyl sites for hydroxylation is 1. The Balaban J connectivity index is 2.52. The Bertz CT molecular complexity index is 621. The lowest BCUT2D eigenvalue weighted by Gasteiger charge is -2.13. The highest BCUT2D eigenvalue weighted by Crippen LogP contribution is 2.34. The summed E-state index contributed by atoms with van der Waals surface area (Å²) in [6.45, 7) is 9.49. The summed E-state index contributed by atoms with van der Waals surface area (Å²) < 4.78 is 2.26. The summed E-state index contributed by atoms with van der Waals surface area (Å²) in [5, 5.41) is 3.36. The molecular formula is C15H19BrIN3S. The van der Waals surface area contributed by atoms with E-state index in [9.17, 15) is 0 Å². The second kappa shape index (κ2) is 7.37. The Morgan fingerprint density at radius 2 is 2.10 bits per heavy atom. The molecule has 0 spiro atoms. The summed E-state index contributed by atoms with van der Waals surface area (Å²) >= 11 is 7.65. The molecule has 0 radical (unpaired) electrons. The molecular weight excluding hydrogens is 461 g/mol. The molecule has 0 aliphatic carbocycles. The molecule has 0 bridgehead atoms. The highest BCUT2D eigenvalue weighted by molar-refractivity contribution is 14.1. The van der Waals surface area contributed by atoms with Crippen molar-refractivity contribution >= 4 is 55.7 Å². The maximum Gasteiger partial charge on any atom is 0.171 e. The van der Waals surface area contributed by atoms with E-state index in [2.05, 4.69) is 77.6 Å². The quantitative estimate of drug-likeness (QED) is 0.574. The second-order valence-electron chi connectivity index (χ2n) is 5.30. The lowest BCUT2D eigenvalue weighted by molar-refractivity contribution is 0.632. The van der Waals surface area contributed by atoms with Crippen molar-refractivity contribution in [1.29, 1.82) is 0 Å². The molecule has 21 heavy (non-hydrogen) atoms. The third kappa shape index (κ3) is 4.16. The predicted octanol–water partition coefficient (Wildman–Crippen LogP) is 5.51. The summed E-state index contributed by atoms with van der Waals surface area (Å²) in [7, 11) is 0. The number of anilines is 1. The molecule has 114 valence electrons. The van der Waals surface area contributed by atoms with Crippen LogP contribution in [0.2, 0.25) is 0 Å². The summed E-state index contributed by atoms with van der Waals surface area (Å²) in [5.41, 5.74) is 1.13. The number of hydrogen-bond donors (Lipinski definition) is 1. The first-order valence-electron chi connectivity index (χ1n) is 6.99. The van der Waals surface area contributed by atoms with Crippen LogP contribution in [-0.4, -0.2) is 16.5 Å². The fourth-order valence-electron chi connectivity index (χ4n) is 1.98. The molecule has 0 amide bonds. The van der Waals surface area contributed by atoms with Crippen LogP contribution in [0.4, 0.5) is 5.82 Å². The van der Waals surface area contributed by atoms with Crippen LogP contribution in [0.1, 0.15) is 31.3 Å². The predicted molar refractivity (Wildman–Crippen MR) is 103 cm³/mol. The molecule has 3 nitrogen and oxygen atoms in total. The largest absolute Gasteiger partial charge is 0.369 e. The van der Waals surface area contributed by atoms with Crippen LogP contribution in [0, 0.1) is 16.4 Å². The molecule has 0 aromatic carbocycles. The maximum absolute atomic E-state index is 4.81. The Labute approximate surface area is 152 Å². The maximum atomic E-state index is 4.81. The number of aromatic nitrogens is 2. The van der Waals surface area contributed by atoms with Crippen LogP contribution in [0.15, 0.2) is 10.5 Å². The lowest BCUT2D eigenvalue weighted by atomic mass is 10.1. The number of nitrogens with one attached hydrogen (secondary N) is 1. The molecule has 2 aromatic rings. The SMILES string of the molecule is CCNc1nc(-c2cc(Br)c(C)s2)nc(CC(C)C)c1I. The Morgan fingerprint density at radius 3 is 2.62 bits per heavy atom. The molecule has 2 heterocycles. The fraction of sp³-hybridized carbons (Fsp3) is 0.467. The monoisotopic (exact) mass is 479 g/mol. The van der Waals surface area contributed by atoms with E-state index in [0.29, 0.717) is 5.92 Å². The standard InChI is InChI=1S/C15H19BrIN3S/c1-5-18-15-13(17)11(6-8(2)3)19-14(20-15)12-7-10(16)9(4)21-12/h7-8H,5-6H2,1-4H3,(H,18,19,20). The van der Waals surface area contributed by atoms with E-state index >= 15 is 0 Å². The van der Waals surface area contributed by atoms with Gasteiger partial charge in [0.2, 0.25) is 0 Å². The first-order valence-corrected chi connectivity index (χ1v) is 9.67. The number of hydrogen-bond acceptors (Lipinski definition) is 4. The van der Waals surface area contributed by atoms with Gasteiger partial charge in [0.25, 0.3) is 0 Å². The second-order valence-corrected chi connectivity index (χ2v) is 8.49. The van der Waals surface area contributed by atoms with E-state index in [4.69, 9.17) is 9.97 Å². The van der Waals surface area contributed by atoms with Crippen LogP contribution in [0.3, 0.4) is 0 Å². The zero-order valence-electron chi connectivity index (χ0n) is 12.6. The molecule has 2 aromatic heterocycles. The molecule has 0 unspecified atom stereocenters. The van der Waals surface area contributed by atoms with Crippen molar-refractivity contribution in [1.82, 2.24) is 9.97 Å². The highest BCUT2D eigenvalue weighted by atomic mass is 127. The van der Waals surface area contributed by atoms with Crippen molar-refractivity contribution in [3.05, 3.63) is 24.7 Å². The summed E-state index contributed by atoms with van der Waals surface area (Å²) in [5.74, 6) is 2.34. The van der Waals surface area contributed by atoms with Gasteiger partial charge in [-0.1, -0.05) is 13.8 Å². The third-order valence-electron chi connectivity index (χ3n) is 2.94. The summed E-state index contributed by atoms with van der Waals surface area (Å²) in [6.07, 6.45) is 0.970. The van der Waals surface area contributed by atoms with E-state index < -0.39 is 0 Å². The van der Waals surface area contributed by atoms with Gasteiger partial charge in [0.15, 0.2) is 5.82 Å².